The number of nitrogens with one attached hydrogen (secondary N) is 1. The van der Waals surface area contributed by atoms with Gasteiger partial charge in [-0.3, -0.25) is 4.79 Å². The highest BCUT2D eigenvalue weighted by atomic mass is 79.9. The molecule has 0 aliphatic rings. The topological polar surface area (TPSA) is 85.8 Å². The van der Waals surface area contributed by atoms with Gasteiger partial charge in [0.2, 0.25) is 5.76 Å². The van der Waals surface area contributed by atoms with Gasteiger partial charge >= 0.3 is 0 Å². The molecule has 0 atom stereocenters. The Bertz CT molecular complexity index is 738. The fourth-order valence-corrected chi connectivity index (χ4v) is 1.94. The van der Waals surface area contributed by atoms with Crippen LogP contribution >= 0.6 is 15.9 Å². The number of carbonyl (C=O) groups excluding carboxylic acids is 1. The Balaban J connectivity index is 1.90. The number of aromatic nitrogens is 4. The lowest BCUT2D eigenvalue weighted by Gasteiger charge is -2.08. The molecule has 0 spiro atoms. The van der Waals surface area contributed by atoms with Crippen LogP contribution in [-0.4, -0.2) is 26.1 Å². The van der Waals surface area contributed by atoms with Crippen molar-refractivity contribution in [2.45, 2.75) is 0 Å². The molecule has 0 radical (unpaired) electrons. The van der Waals surface area contributed by atoms with Gasteiger partial charge in [0.1, 0.15) is 4.60 Å². The molecule has 3 rings (SSSR count). The smallest absolute Gasteiger partial charge is 0.294 e. The lowest BCUT2D eigenvalue weighted by Crippen LogP contribution is -2.13. The van der Waals surface area contributed by atoms with Crippen molar-refractivity contribution in [3.63, 3.8) is 0 Å². The monoisotopic (exact) mass is 333 g/mol. The SMILES string of the molecule is O=C(Nc1ccccc1-n1ccnn1)c1cc(Br)no1. The third-order valence-electron chi connectivity index (χ3n) is 2.53. The van der Waals surface area contributed by atoms with Crippen LogP contribution in [0.5, 0.6) is 0 Å². The number of nitrogens with zero attached hydrogens (tertiary/aromatic N) is 4. The van der Waals surface area contributed by atoms with E-state index in [1.807, 2.05) is 18.2 Å². The van der Waals surface area contributed by atoms with E-state index < -0.39 is 5.91 Å². The van der Waals surface area contributed by atoms with Crippen LogP contribution in [0, 0.1) is 0 Å². The molecule has 0 unspecified atom stereocenters. The molecule has 0 saturated carbocycles. The first kappa shape index (κ1) is 12.5. The highest BCUT2D eigenvalue weighted by Gasteiger charge is 2.14. The van der Waals surface area contributed by atoms with Gasteiger partial charge in [0, 0.05) is 6.07 Å². The summed E-state index contributed by atoms with van der Waals surface area (Å²) in [7, 11) is 0. The number of benzene rings is 1. The molecule has 1 aromatic carbocycles. The summed E-state index contributed by atoms with van der Waals surface area (Å²) in [6.45, 7) is 0. The number of para-hydroxylation sites is 2. The van der Waals surface area contributed by atoms with Crippen molar-refractivity contribution >= 4 is 27.5 Å². The molecule has 0 aliphatic heterocycles. The lowest BCUT2D eigenvalue weighted by molar-refractivity contribution is 0.0988. The summed E-state index contributed by atoms with van der Waals surface area (Å²) in [5, 5.41) is 14.0. The van der Waals surface area contributed by atoms with E-state index in [0.717, 1.165) is 0 Å². The fourth-order valence-electron chi connectivity index (χ4n) is 1.66. The average molecular weight is 334 g/mol. The average Bonchev–Trinajstić information content (AvgIpc) is 3.10. The minimum Gasteiger partial charge on any atom is -0.350 e. The first-order chi connectivity index (χ1) is 9.74. The van der Waals surface area contributed by atoms with Crippen molar-refractivity contribution in [3.8, 4) is 5.69 Å². The van der Waals surface area contributed by atoms with Crippen molar-refractivity contribution in [2.24, 2.45) is 0 Å². The summed E-state index contributed by atoms with van der Waals surface area (Å²) in [5.41, 5.74) is 1.30. The van der Waals surface area contributed by atoms with Gasteiger partial charge in [0.05, 0.1) is 23.8 Å². The predicted molar refractivity (Wildman–Crippen MR) is 73.5 cm³/mol. The lowest BCUT2D eigenvalue weighted by atomic mass is 10.2. The second kappa shape index (κ2) is 5.25. The minimum absolute atomic E-state index is 0.116. The number of rotatable bonds is 3. The van der Waals surface area contributed by atoms with E-state index in [-0.39, 0.29) is 5.76 Å². The summed E-state index contributed by atoms with van der Waals surface area (Å²) >= 11 is 3.12. The summed E-state index contributed by atoms with van der Waals surface area (Å²) in [5.74, 6) is -0.277. The van der Waals surface area contributed by atoms with Crippen LogP contribution in [0.3, 0.4) is 0 Å². The molecule has 2 aromatic heterocycles. The number of hydrogen-bond acceptors (Lipinski definition) is 5. The highest BCUT2D eigenvalue weighted by Crippen LogP contribution is 2.20. The van der Waals surface area contributed by atoms with E-state index in [0.29, 0.717) is 16.0 Å². The van der Waals surface area contributed by atoms with Crippen LogP contribution in [0.4, 0.5) is 5.69 Å². The zero-order chi connectivity index (χ0) is 13.9. The van der Waals surface area contributed by atoms with Gasteiger partial charge in [-0.05, 0) is 28.1 Å². The number of carbonyl (C=O) groups is 1. The van der Waals surface area contributed by atoms with Crippen LogP contribution in [0.1, 0.15) is 10.6 Å². The number of halogens is 1. The Kier molecular flexibility index (Phi) is 3.30. The largest absolute Gasteiger partial charge is 0.350 e. The van der Waals surface area contributed by atoms with Gasteiger partial charge in [-0.1, -0.05) is 22.5 Å². The molecule has 0 saturated heterocycles. The van der Waals surface area contributed by atoms with Crippen LogP contribution in [0.15, 0.2) is 51.9 Å². The van der Waals surface area contributed by atoms with Crippen LogP contribution in [0.2, 0.25) is 0 Å². The van der Waals surface area contributed by atoms with Gasteiger partial charge < -0.3 is 9.84 Å². The maximum atomic E-state index is 12.0. The van der Waals surface area contributed by atoms with Crippen LogP contribution < -0.4 is 5.32 Å². The summed E-state index contributed by atoms with van der Waals surface area (Å²) < 4.78 is 6.91. The molecule has 0 bridgehead atoms. The third kappa shape index (κ3) is 2.45. The molecule has 0 fully saturated rings. The Hall–Kier alpha value is -2.48. The normalized spacial score (nSPS) is 10.4. The van der Waals surface area contributed by atoms with Crippen molar-refractivity contribution in [3.05, 3.63) is 53.1 Å². The minimum atomic E-state index is -0.393. The molecular weight excluding hydrogens is 326 g/mol. The molecule has 1 N–H and O–H groups in total. The molecule has 8 heteroatoms. The standard InChI is InChI=1S/C12H8BrN5O2/c13-11-7-10(20-16-11)12(19)15-8-3-1-2-4-9(8)18-6-5-14-17-18/h1-7H,(H,15,19). The van der Waals surface area contributed by atoms with Crippen LogP contribution in [-0.2, 0) is 0 Å². The zero-order valence-corrected chi connectivity index (χ0v) is 11.6. The van der Waals surface area contributed by atoms with Gasteiger partial charge in [0.15, 0.2) is 0 Å². The number of anilines is 1. The summed E-state index contributed by atoms with van der Waals surface area (Å²) in [6.07, 6.45) is 3.25. The van der Waals surface area contributed by atoms with Gasteiger partial charge in [-0.25, -0.2) is 4.68 Å². The van der Waals surface area contributed by atoms with Crippen LogP contribution in [0.25, 0.3) is 5.69 Å². The first-order valence-corrected chi connectivity index (χ1v) is 6.42. The third-order valence-corrected chi connectivity index (χ3v) is 2.90. The molecule has 1 amide bonds. The summed E-state index contributed by atoms with van der Waals surface area (Å²) in [6, 6.07) is 8.73. The van der Waals surface area contributed by atoms with Crippen molar-refractivity contribution in [2.75, 3.05) is 5.32 Å². The summed E-state index contributed by atoms with van der Waals surface area (Å²) in [4.78, 5) is 12.0. The van der Waals surface area contributed by atoms with Crippen molar-refractivity contribution in [1.82, 2.24) is 20.2 Å². The molecule has 2 heterocycles. The van der Waals surface area contributed by atoms with E-state index in [2.05, 4.69) is 36.7 Å². The van der Waals surface area contributed by atoms with Gasteiger partial charge in [-0.15, -0.1) is 5.10 Å². The second-order valence-corrected chi connectivity index (χ2v) is 4.65. The van der Waals surface area contributed by atoms with E-state index in [1.165, 1.54) is 6.07 Å². The molecule has 0 aliphatic carbocycles. The number of amides is 1. The predicted octanol–water partition coefficient (Wildman–Crippen LogP) is 2.27. The molecule has 3 aromatic rings. The maximum absolute atomic E-state index is 12.0. The van der Waals surface area contributed by atoms with E-state index >= 15 is 0 Å². The second-order valence-electron chi connectivity index (χ2n) is 3.83. The zero-order valence-electron chi connectivity index (χ0n) is 10.0. The van der Waals surface area contributed by atoms with E-state index in [4.69, 9.17) is 4.52 Å². The Morgan fingerprint density at radius 3 is 2.90 bits per heavy atom. The van der Waals surface area contributed by atoms with Crippen molar-refractivity contribution < 1.29 is 9.32 Å². The Labute approximate surface area is 121 Å². The van der Waals surface area contributed by atoms with E-state index in [9.17, 15) is 4.79 Å². The number of hydrogen-bond donors (Lipinski definition) is 1. The Morgan fingerprint density at radius 2 is 2.20 bits per heavy atom. The highest BCUT2D eigenvalue weighted by molar-refractivity contribution is 9.10. The molecule has 7 nitrogen and oxygen atoms in total. The molecular formula is C12H8BrN5O2. The maximum Gasteiger partial charge on any atom is 0.294 e. The van der Waals surface area contributed by atoms with Gasteiger partial charge in [0.25, 0.3) is 5.91 Å². The molecule has 100 valence electrons. The van der Waals surface area contributed by atoms with E-state index in [1.54, 1.807) is 23.1 Å². The molecule has 20 heavy (non-hydrogen) atoms. The van der Waals surface area contributed by atoms with Gasteiger partial charge in [-0.2, -0.15) is 0 Å². The first-order valence-electron chi connectivity index (χ1n) is 5.63. The fraction of sp³-hybridized carbons (Fsp3) is 0. The van der Waals surface area contributed by atoms with Crippen molar-refractivity contribution in [1.29, 1.82) is 0 Å². The Morgan fingerprint density at radius 1 is 1.35 bits per heavy atom. The quantitative estimate of drug-likeness (QED) is 0.794.